The first-order chi connectivity index (χ1) is 8.64. The molecule has 5 heteroatoms. The van der Waals surface area contributed by atoms with Gasteiger partial charge in [-0.2, -0.15) is 0 Å². The summed E-state index contributed by atoms with van der Waals surface area (Å²) in [5.41, 5.74) is 0. The lowest BCUT2D eigenvalue weighted by Gasteiger charge is -2.48. The van der Waals surface area contributed by atoms with Crippen molar-refractivity contribution in [3.63, 3.8) is 0 Å². The molecule has 1 heterocycles. The third-order valence-electron chi connectivity index (χ3n) is 3.98. The van der Waals surface area contributed by atoms with Gasteiger partial charge in [0.15, 0.2) is 7.51 Å². The van der Waals surface area contributed by atoms with Crippen molar-refractivity contribution in [1.29, 1.82) is 5.16 Å². The van der Waals surface area contributed by atoms with Crippen molar-refractivity contribution >= 4 is 7.51 Å². The second kappa shape index (κ2) is 7.64. The molecule has 0 radical (unpaired) electrons. The molecular formula is C13H31N4P. The molecule has 1 fully saturated rings. The quantitative estimate of drug-likeness (QED) is 0.719. The third-order valence-corrected chi connectivity index (χ3v) is 7.87. The summed E-state index contributed by atoms with van der Waals surface area (Å²) >= 11 is 0. The number of rotatable bonds is 7. The number of piperidine rings is 1. The zero-order chi connectivity index (χ0) is 13.6. The molecule has 1 aliphatic rings. The van der Waals surface area contributed by atoms with Crippen LogP contribution in [0.15, 0.2) is 0 Å². The van der Waals surface area contributed by atoms with Gasteiger partial charge in [-0.25, -0.2) is 14.0 Å². The van der Waals surface area contributed by atoms with E-state index in [4.69, 9.17) is 0 Å². The zero-order valence-electron chi connectivity index (χ0n) is 12.7. The smallest absolute Gasteiger partial charge is 0.165 e. The van der Waals surface area contributed by atoms with Crippen LogP contribution >= 0.6 is 7.51 Å². The molecule has 1 N–H and O–H groups in total. The summed E-state index contributed by atoms with van der Waals surface area (Å²) in [4.78, 5) is 0. The molecule has 0 aromatic rings. The minimum Gasteiger partial charge on any atom is -0.277 e. The molecule has 108 valence electrons. The highest BCUT2D eigenvalue weighted by atomic mass is 31.2. The van der Waals surface area contributed by atoms with Crippen LogP contribution in [0.25, 0.3) is 0 Å². The predicted octanol–water partition coefficient (Wildman–Crippen LogP) is 3.68. The van der Waals surface area contributed by atoms with Crippen molar-refractivity contribution in [2.24, 2.45) is 0 Å². The molecule has 1 saturated heterocycles. The summed E-state index contributed by atoms with van der Waals surface area (Å²) in [7, 11) is -2.02. The Morgan fingerprint density at radius 3 is 1.56 bits per heavy atom. The first-order valence-electron chi connectivity index (χ1n) is 7.55. The average Bonchev–Trinajstić information content (AvgIpc) is 2.42. The first-order valence-corrected chi connectivity index (χ1v) is 9.20. The van der Waals surface area contributed by atoms with Crippen molar-refractivity contribution in [1.82, 2.24) is 14.0 Å². The van der Waals surface area contributed by atoms with Crippen molar-refractivity contribution in [3.05, 3.63) is 0 Å². The molecule has 18 heavy (non-hydrogen) atoms. The molecule has 0 amide bonds. The Labute approximate surface area is 113 Å². The SMILES string of the molecule is CCN(CC)P(=N)(N(CC)CC)N1CCCCC1. The summed E-state index contributed by atoms with van der Waals surface area (Å²) in [5, 5.41) is 9.22. The minimum atomic E-state index is -2.02. The fourth-order valence-corrected chi connectivity index (χ4v) is 6.42. The van der Waals surface area contributed by atoms with E-state index in [-0.39, 0.29) is 0 Å². The molecule has 0 aromatic carbocycles. The van der Waals surface area contributed by atoms with Crippen molar-refractivity contribution < 1.29 is 0 Å². The molecule has 0 saturated carbocycles. The van der Waals surface area contributed by atoms with Crippen LogP contribution in [-0.2, 0) is 0 Å². The number of hydrogen-bond donors (Lipinski definition) is 1. The Morgan fingerprint density at radius 2 is 1.22 bits per heavy atom. The molecule has 0 spiro atoms. The molecule has 4 nitrogen and oxygen atoms in total. The lowest BCUT2D eigenvalue weighted by Crippen LogP contribution is -2.42. The second-order valence-corrected chi connectivity index (χ2v) is 7.69. The lowest BCUT2D eigenvalue weighted by atomic mass is 10.2. The summed E-state index contributed by atoms with van der Waals surface area (Å²) in [6.07, 6.45) is 3.87. The van der Waals surface area contributed by atoms with Gasteiger partial charge in [0.05, 0.1) is 0 Å². The van der Waals surface area contributed by atoms with E-state index in [2.05, 4.69) is 41.7 Å². The molecule has 0 bridgehead atoms. The third kappa shape index (κ3) is 3.16. The summed E-state index contributed by atoms with van der Waals surface area (Å²) < 4.78 is 7.27. The van der Waals surface area contributed by atoms with Crippen LogP contribution in [-0.4, -0.2) is 53.3 Å². The van der Waals surface area contributed by atoms with Crippen LogP contribution in [0.1, 0.15) is 47.0 Å². The van der Waals surface area contributed by atoms with Gasteiger partial charge in [0.25, 0.3) is 0 Å². The van der Waals surface area contributed by atoms with Gasteiger partial charge in [0, 0.05) is 39.3 Å². The van der Waals surface area contributed by atoms with E-state index in [1.165, 1.54) is 19.3 Å². The second-order valence-electron chi connectivity index (χ2n) is 4.86. The Bertz CT molecular complexity index is 252. The summed E-state index contributed by atoms with van der Waals surface area (Å²) in [6, 6.07) is 0. The van der Waals surface area contributed by atoms with Gasteiger partial charge in [-0.1, -0.05) is 34.1 Å². The minimum absolute atomic E-state index is 0.987. The molecule has 1 aliphatic heterocycles. The van der Waals surface area contributed by atoms with Gasteiger partial charge in [0.2, 0.25) is 0 Å². The maximum Gasteiger partial charge on any atom is 0.165 e. The highest BCUT2D eigenvalue weighted by molar-refractivity contribution is 7.57. The van der Waals surface area contributed by atoms with E-state index in [0.717, 1.165) is 39.3 Å². The average molecular weight is 274 g/mol. The Hall–Kier alpha value is 0.110. The topological polar surface area (TPSA) is 33.6 Å². The number of nitrogens with zero attached hydrogens (tertiary/aromatic N) is 3. The van der Waals surface area contributed by atoms with Gasteiger partial charge in [-0.3, -0.25) is 5.16 Å². The van der Waals surface area contributed by atoms with E-state index >= 15 is 0 Å². The van der Waals surface area contributed by atoms with Gasteiger partial charge in [0.1, 0.15) is 0 Å². The zero-order valence-corrected chi connectivity index (χ0v) is 13.5. The van der Waals surface area contributed by atoms with E-state index < -0.39 is 7.51 Å². The van der Waals surface area contributed by atoms with Crippen LogP contribution in [0.5, 0.6) is 0 Å². The van der Waals surface area contributed by atoms with Crippen LogP contribution in [0.2, 0.25) is 0 Å². The van der Waals surface area contributed by atoms with Gasteiger partial charge >= 0.3 is 0 Å². The van der Waals surface area contributed by atoms with Crippen LogP contribution in [0.3, 0.4) is 0 Å². The molecule has 0 aromatic heterocycles. The van der Waals surface area contributed by atoms with Crippen LogP contribution in [0, 0.1) is 5.16 Å². The van der Waals surface area contributed by atoms with Gasteiger partial charge in [-0.05, 0) is 12.8 Å². The summed E-state index contributed by atoms with van der Waals surface area (Å²) in [6.45, 7) is 15.0. The molecule has 0 unspecified atom stereocenters. The maximum absolute atomic E-state index is 9.22. The predicted molar refractivity (Wildman–Crippen MR) is 80.9 cm³/mol. The largest absolute Gasteiger partial charge is 0.277 e. The Balaban J connectivity index is 3.01. The fourth-order valence-electron chi connectivity index (χ4n) is 2.93. The highest BCUT2D eigenvalue weighted by Crippen LogP contribution is 2.57. The van der Waals surface area contributed by atoms with Gasteiger partial charge in [-0.15, -0.1) is 0 Å². The fraction of sp³-hybridized carbons (Fsp3) is 1.00. The molecule has 0 atom stereocenters. The summed E-state index contributed by atoms with van der Waals surface area (Å²) in [5.74, 6) is 0. The van der Waals surface area contributed by atoms with Crippen molar-refractivity contribution in [3.8, 4) is 0 Å². The molecule has 1 rings (SSSR count). The molecule has 0 aliphatic carbocycles. The van der Waals surface area contributed by atoms with E-state index in [0.29, 0.717) is 0 Å². The van der Waals surface area contributed by atoms with Gasteiger partial charge < -0.3 is 0 Å². The lowest BCUT2D eigenvalue weighted by molar-refractivity contribution is 0.291. The maximum atomic E-state index is 9.22. The normalized spacial score (nSPS) is 18.8. The van der Waals surface area contributed by atoms with Crippen molar-refractivity contribution in [2.75, 3.05) is 39.3 Å². The highest BCUT2D eigenvalue weighted by Gasteiger charge is 2.36. The van der Waals surface area contributed by atoms with E-state index in [1.54, 1.807) is 0 Å². The van der Waals surface area contributed by atoms with Crippen molar-refractivity contribution in [2.45, 2.75) is 47.0 Å². The van der Waals surface area contributed by atoms with E-state index in [9.17, 15) is 5.16 Å². The number of hydrogen-bond acceptors (Lipinski definition) is 1. The molecular weight excluding hydrogens is 243 g/mol. The standard InChI is InChI=1S/C13H31N4P/c1-5-15(6-2)18(14,16(7-3)8-4)17-12-10-9-11-13-17/h14H,5-13H2,1-4H3. The van der Waals surface area contributed by atoms with E-state index in [1.807, 2.05) is 0 Å². The Kier molecular flexibility index (Phi) is 6.86. The monoisotopic (exact) mass is 274 g/mol. The number of nitrogens with one attached hydrogen (secondary N) is 1. The Morgan fingerprint density at radius 1 is 0.833 bits per heavy atom. The first kappa shape index (κ1) is 16.2. The van der Waals surface area contributed by atoms with Crippen LogP contribution < -0.4 is 0 Å². The van der Waals surface area contributed by atoms with Crippen LogP contribution in [0.4, 0.5) is 0 Å².